The summed E-state index contributed by atoms with van der Waals surface area (Å²) in [5.74, 6) is -1.19. The van der Waals surface area contributed by atoms with E-state index in [0.29, 0.717) is 25.3 Å². The highest BCUT2D eigenvalue weighted by molar-refractivity contribution is 7.89. The Morgan fingerprint density at radius 1 is 1.41 bits per heavy atom. The third-order valence-corrected chi connectivity index (χ3v) is 4.35. The van der Waals surface area contributed by atoms with Gasteiger partial charge in [0, 0.05) is 25.4 Å². The first kappa shape index (κ1) is 18.4. The molecule has 0 fully saturated rings. The number of rotatable bonds is 9. The highest BCUT2D eigenvalue weighted by Gasteiger charge is 2.19. The predicted molar refractivity (Wildman–Crippen MR) is 83.8 cm³/mol. The number of carboxylic acids is 1. The van der Waals surface area contributed by atoms with Crippen LogP contribution in [-0.4, -0.2) is 45.8 Å². The van der Waals surface area contributed by atoms with Crippen LogP contribution in [0.3, 0.4) is 0 Å². The summed E-state index contributed by atoms with van der Waals surface area (Å²) in [6.07, 6.45) is 0.652. The lowest BCUT2D eigenvalue weighted by molar-refractivity contribution is 0.0697. The smallest absolute Gasteiger partial charge is 0.337 e. The van der Waals surface area contributed by atoms with Crippen LogP contribution < -0.4 is 10.0 Å². The van der Waals surface area contributed by atoms with Crippen molar-refractivity contribution in [2.24, 2.45) is 0 Å². The number of sulfonamides is 1. The molecule has 1 atom stereocenters. The van der Waals surface area contributed by atoms with E-state index in [1.807, 2.05) is 13.8 Å². The molecular formula is C14H22N2O5S. The number of nitrogens with one attached hydrogen (secondary N) is 2. The molecule has 0 saturated heterocycles. The van der Waals surface area contributed by atoms with Gasteiger partial charge in [0.25, 0.3) is 0 Å². The third kappa shape index (κ3) is 4.97. The summed E-state index contributed by atoms with van der Waals surface area (Å²) in [4.78, 5) is 11.3. The van der Waals surface area contributed by atoms with Crippen molar-refractivity contribution < 1.29 is 23.1 Å². The van der Waals surface area contributed by atoms with Crippen molar-refractivity contribution in [1.29, 1.82) is 0 Å². The fourth-order valence-corrected chi connectivity index (χ4v) is 3.03. The highest BCUT2D eigenvalue weighted by atomic mass is 32.2. The molecule has 7 nitrogen and oxygen atoms in total. The first-order chi connectivity index (χ1) is 10.3. The summed E-state index contributed by atoms with van der Waals surface area (Å²) in [6, 6.07) is 3.88. The minimum atomic E-state index is -3.70. The number of aromatic carboxylic acids is 1. The van der Waals surface area contributed by atoms with Crippen molar-refractivity contribution in [2.75, 3.05) is 25.6 Å². The van der Waals surface area contributed by atoms with Gasteiger partial charge in [-0.1, -0.05) is 6.92 Å². The molecule has 0 aliphatic carbocycles. The molecule has 0 bridgehead atoms. The molecule has 0 spiro atoms. The fraction of sp³-hybridized carbons (Fsp3) is 0.500. The van der Waals surface area contributed by atoms with E-state index in [0.717, 1.165) is 6.07 Å². The van der Waals surface area contributed by atoms with Gasteiger partial charge in [0.05, 0.1) is 17.1 Å². The molecular weight excluding hydrogens is 308 g/mol. The zero-order chi connectivity index (χ0) is 16.8. The van der Waals surface area contributed by atoms with E-state index in [1.54, 1.807) is 7.11 Å². The Hall–Kier alpha value is -1.64. The molecule has 3 N–H and O–H groups in total. The zero-order valence-corrected chi connectivity index (χ0v) is 13.7. The van der Waals surface area contributed by atoms with Gasteiger partial charge in [-0.05, 0) is 31.5 Å². The Labute approximate surface area is 130 Å². The summed E-state index contributed by atoms with van der Waals surface area (Å²) in [7, 11) is -2.15. The normalized spacial score (nSPS) is 12.9. The molecule has 0 unspecified atom stereocenters. The second-order valence-corrected chi connectivity index (χ2v) is 6.68. The van der Waals surface area contributed by atoms with Crippen LogP contribution in [0.25, 0.3) is 0 Å². The minimum Gasteiger partial charge on any atom is -0.478 e. The molecule has 8 heteroatoms. The van der Waals surface area contributed by atoms with Crippen LogP contribution in [0.4, 0.5) is 5.69 Å². The molecule has 1 aromatic carbocycles. The second-order valence-electron chi connectivity index (χ2n) is 4.91. The van der Waals surface area contributed by atoms with Crippen LogP contribution in [0, 0.1) is 0 Å². The van der Waals surface area contributed by atoms with E-state index in [9.17, 15) is 18.3 Å². The molecule has 0 saturated carbocycles. The van der Waals surface area contributed by atoms with Gasteiger partial charge in [0.1, 0.15) is 0 Å². The molecule has 0 aliphatic heterocycles. The van der Waals surface area contributed by atoms with Gasteiger partial charge in [-0.3, -0.25) is 0 Å². The maximum Gasteiger partial charge on any atom is 0.337 e. The lowest BCUT2D eigenvalue weighted by Crippen LogP contribution is -2.25. The van der Waals surface area contributed by atoms with E-state index < -0.39 is 16.0 Å². The van der Waals surface area contributed by atoms with Crippen LogP contribution in [0.15, 0.2) is 23.1 Å². The number of benzene rings is 1. The van der Waals surface area contributed by atoms with Gasteiger partial charge in [-0.25, -0.2) is 17.9 Å². The van der Waals surface area contributed by atoms with Crippen molar-refractivity contribution in [3.63, 3.8) is 0 Å². The molecule has 1 aromatic rings. The number of anilines is 1. The lowest BCUT2D eigenvalue weighted by Gasteiger charge is -2.17. The van der Waals surface area contributed by atoms with Crippen LogP contribution in [0.2, 0.25) is 0 Å². The highest BCUT2D eigenvalue weighted by Crippen LogP contribution is 2.21. The Kier molecular flexibility index (Phi) is 6.79. The molecule has 0 radical (unpaired) electrons. The van der Waals surface area contributed by atoms with Gasteiger partial charge in [-0.2, -0.15) is 0 Å². The molecule has 0 aliphatic rings. The van der Waals surface area contributed by atoms with Crippen molar-refractivity contribution in [1.82, 2.24) is 4.72 Å². The van der Waals surface area contributed by atoms with E-state index >= 15 is 0 Å². The van der Waals surface area contributed by atoms with Crippen molar-refractivity contribution in [3.8, 4) is 0 Å². The molecule has 0 aromatic heterocycles. The first-order valence-electron chi connectivity index (χ1n) is 6.94. The fourth-order valence-electron chi connectivity index (χ4n) is 1.87. The molecule has 22 heavy (non-hydrogen) atoms. The van der Waals surface area contributed by atoms with E-state index in [4.69, 9.17) is 4.74 Å². The average molecular weight is 330 g/mol. The largest absolute Gasteiger partial charge is 0.478 e. The molecule has 0 amide bonds. The number of carboxylic acid groups (broad SMARTS) is 1. The number of hydrogen-bond acceptors (Lipinski definition) is 5. The number of hydrogen-bond donors (Lipinski definition) is 3. The van der Waals surface area contributed by atoms with Gasteiger partial charge in [0.15, 0.2) is 0 Å². The van der Waals surface area contributed by atoms with Crippen LogP contribution >= 0.6 is 0 Å². The van der Waals surface area contributed by atoms with E-state index in [2.05, 4.69) is 10.0 Å². The topological polar surface area (TPSA) is 105 Å². The van der Waals surface area contributed by atoms with Crippen molar-refractivity contribution >= 4 is 21.7 Å². The quantitative estimate of drug-likeness (QED) is 0.634. The van der Waals surface area contributed by atoms with Gasteiger partial charge in [0.2, 0.25) is 10.0 Å². The van der Waals surface area contributed by atoms with E-state index in [1.165, 1.54) is 12.1 Å². The van der Waals surface area contributed by atoms with Gasteiger partial charge >= 0.3 is 5.97 Å². The minimum absolute atomic E-state index is 0.0664. The monoisotopic (exact) mass is 330 g/mol. The summed E-state index contributed by atoms with van der Waals surface area (Å²) in [5, 5.41) is 12.3. The van der Waals surface area contributed by atoms with E-state index in [-0.39, 0.29) is 16.5 Å². The van der Waals surface area contributed by atoms with Gasteiger partial charge < -0.3 is 15.2 Å². The van der Waals surface area contributed by atoms with Crippen molar-refractivity contribution in [3.05, 3.63) is 23.8 Å². The van der Waals surface area contributed by atoms with Crippen LogP contribution in [0.1, 0.15) is 30.6 Å². The summed E-state index contributed by atoms with van der Waals surface area (Å²) in [6.45, 7) is 4.38. The third-order valence-electron chi connectivity index (χ3n) is 2.89. The van der Waals surface area contributed by atoms with Crippen molar-refractivity contribution in [2.45, 2.75) is 31.2 Å². The summed E-state index contributed by atoms with van der Waals surface area (Å²) >= 11 is 0. The lowest BCUT2D eigenvalue weighted by atomic mass is 10.1. The summed E-state index contributed by atoms with van der Waals surface area (Å²) < 4.78 is 31.5. The Balaban J connectivity index is 3.12. The Bertz CT molecular complexity index is 616. The maximum absolute atomic E-state index is 12.1. The van der Waals surface area contributed by atoms with Gasteiger partial charge in [-0.15, -0.1) is 0 Å². The maximum atomic E-state index is 12.1. The Morgan fingerprint density at radius 2 is 2.09 bits per heavy atom. The summed E-state index contributed by atoms with van der Waals surface area (Å²) in [5.41, 5.74) is 0.258. The van der Waals surface area contributed by atoms with Crippen LogP contribution in [-0.2, 0) is 14.8 Å². The SMILES string of the molecule is CCCNS(=O)(=O)c1ccc(N[C@H](C)COC)c(C(=O)O)c1. The number of carbonyl (C=O) groups is 1. The average Bonchev–Trinajstić information content (AvgIpc) is 2.45. The standard InChI is InChI=1S/C14H22N2O5S/c1-4-7-15-22(19,20)11-5-6-13(12(8-11)14(17)18)16-10(2)9-21-3/h5-6,8,10,15-16H,4,7,9H2,1-3H3,(H,17,18)/t10-/m1/s1. The number of methoxy groups -OCH3 is 1. The van der Waals surface area contributed by atoms with Crippen LogP contribution in [0.5, 0.6) is 0 Å². The molecule has 124 valence electrons. The molecule has 0 heterocycles. The molecule has 1 rings (SSSR count). The number of ether oxygens (including phenoxy) is 1. The first-order valence-corrected chi connectivity index (χ1v) is 8.42. The predicted octanol–water partition coefficient (Wildman–Crippen LogP) is 1.52. The Morgan fingerprint density at radius 3 is 2.64 bits per heavy atom. The zero-order valence-electron chi connectivity index (χ0n) is 12.9. The second kappa shape index (κ2) is 8.11.